The molecule has 0 aliphatic rings. The van der Waals surface area contributed by atoms with E-state index < -0.39 is 0 Å². The van der Waals surface area contributed by atoms with Crippen LogP contribution in [0.15, 0.2) is 71.4 Å². The van der Waals surface area contributed by atoms with E-state index in [1.807, 2.05) is 42.5 Å². The molecule has 0 saturated heterocycles. The van der Waals surface area contributed by atoms with Gasteiger partial charge in [0.25, 0.3) is 0 Å². The fourth-order valence-electron chi connectivity index (χ4n) is 2.75. The summed E-state index contributed by atoms with van der Waals surface area (Å²) in [4.78, 5) is 8.35. The molecule has 2 nitrogen and oxygen atoms in total. The van der Waals surface area contributed by atoms with Gasteiger partial charge in [0, 0.05) is 17.5 Å². The average Bonchev–Trinajstić information content (AvgIpc) is 3.26. The third-order valence-electron chi connectivity index (χ3n) is 3.90. The van der Waals surface area contributed by atoms with E-state index in [0.717, 1.165) is 34.8 Å². The molecule has 0 bridgehead atoms. The average molecular weight is 351 g/mol. The molecule has 2 aromatic heterocycles. The zero-order valence-electron chi connectivity index (χ0n) is 12.9. The number of aromatic nitrogens is 2. The summed E-state index contributed by atoms with van der Waals surface area (Å²) in [6, 6.07) is 20.2. The maximum atomic E-state index is 6.42. The SMILES string of the molecule is Clc1ccccc1-c1nc(Cc2ccsc2)[nH]c1-c1ccccc1. The van der Waals surface area contributed by atoms with Gasteiger partial charge in [-0.1, -0.05) is 60.1 Å². The number of nitrogens with one attached hydrogen (secondary N) is 1. The molecule has 1 N–H and O–H groups in total. The van der Waals surface area contributed by atoms with Crippen LogP contribution in [0.2, 0.25) is 5.02 Å². The first-order chi connectivity index (χ1) is 11.8. The molecular formula is C20H15ClN2S. The van der Waals surface area contributed by atoms with Crippen molar-refractivity contribution in [2.24, 2.45) is 0 Å². The van der Waals surface area contributed by atoms with Crippen molar-refractivity contribution in [3.8, 4) is 22.5 Å². The summed E-state index contributed by atoms with van der Waals surface area (Å²) in [5.74, 6) is 0.946. The van der Waals surface area contributed by atoms with Gasteiger partial charge in [-0.3, -0.25) is 0 Å². The largest absolute Gasteiger partial charge is 0.341 e. The molecule has 0 saturated carbocycles. The number of imidazole rings is 1. The van der Waals surface area contributed by atoms with Crippen LogP contribution in [0, 0.1) is 0 Å². The van der Waals surface area contributed by atoms with Gasteiger partial charge in [0.2, 0.25) is 0 Å². The number of nitrogens with zero attached hydrogens (tertiary/aromatic N) is 1. The second kappa shape index (κ2) is 6.63. The molecule has 0 amide bonds. The minimum absolute atomic E-state index is 0.711. The third-order valence-corrected chi connectivity index (χ3v) is 4.96. The Morgan fingerprint density at radius 1 is 0.958 bits per heavy atom. The van der Waals surface area contributed by atoms with Gasteiger partial charge in [-0.05, 0) is 28.5 Å². The molecule has 0 atom stereocenters. The number of halogens is 1. The van der Waals surface area contributed by atoms with Crippen molar-refractivity contribution in [1.29, 1.82) is 0 Å². The van der Waals surface area contributed by atoms with Crippen LogP contribution < -0.4 is 0 Å². The van der Waals surface area contributed by atoms with Crippen LogP contribution in [0.3, 0.4) is 0 Å². The summed E-state index contributed by atoms with van der Waals surface area (Å²) >= 11 is 8.12. The Bertz CT molecular complexity index is 943. The molecule has 4 aromatic rings. The molecule has 2 heterocycles. The van der Waals surface area contributed by atoms with Gasteiger partial charge < -0.3 is 4.98 Å². The zero-order chi connectivity index (χ0) is 16.4. The second-order valence-electron chi connectivity index (χ2n) is 5.56. The van der Waals surface area contributed by atoms with Crippen LogP contribution in [0.4, 0.5) is 0 Å². The lowest BCUT2D eigenvalue weighted by atomic mass is 10.1. The lowest BCUT2D eigenvalue weighted by Gasteiger charge is -2.04. The van der Waals surface area contributed by atoms with Crippen molar-refractivity contribution in [2.45, 2.75) is 6.42 Å². The summed E-state index contributed by atoms with van der Waals surface area (Å²) < 4.78 is 0. The van der Waals surface area contributed by atoms with Crippen molar-refractivity contribution in [2.75, 3.05) is 0 Å². The van der Waals surface area contributed by atoms with E-state index >= 15 is 0 Å². The van der Waals surface area contributed by atoms with E-state index in [-0.39, 0.29) is 0 Å². The van der Waals surface area contributed by atoms with Crippen molar-refractivity contribution < 1.29 is 0 Å². The highest BCUT2D eigenvalue weighted by Crippen LogP contribution is 2.34. The minimum Gasteiger partial charge on any atom is -0.341 e. The van der Waals surface area contributed by atoms with Crippen LogP contribution in [0.1, 0.15) is 11.4 Å². The molecule has 0 radical (unpaired) electrons. The van der Waals surface area contributed by atoms with Crippen molar-refractivity contribution >= 4 is 22.9 Å². The molecule has 4 heteroatoms. The number of thiophene rings is 1. The van der Waals surface area contributed by atoms with Crippen LogP contribution in [-0.2, 0) is 6.42 Å². The summed E-state index contributed by atoms with van der Waals surface area (Å²) in [6.07, 6.45) is 0.786. The highest BCUT2D eigenvalue weighted by molar-refractivity contribution is 7.07. The molecule has 0 unspecified atom stereocenters. The number of rotatable bonds is 4. The first-order valence-corrected chi connectivity index (χ1v) is 9.03. The summed E-state index contributed by atoms with van der Waals surface area (Å²) in [7, 11) is 0. The van der Waals surface area contributed by atoms with Gasteiger partial charge in [-0.25, -0.2) is 4.98 Å². The van der Waals surface area contributed by atoms with Gasteiger partial charge in [0.05, 0.1) is 16.4 Å². The zero-order valence-corrected chi connectivity index (χ0v) is 14.4. The molecule has 0 fully saturated rings. The number of aromatic amines is 1. The first-order valence-electron chi connectivity index (χ1n) is 7.71. The van der Waals surface area contributed by atoms with Gasteiger partial charge >= 0.3 is 0 Å². The Labute approximate surface area is 149 Å². The van der Waals surface area contributed by atoms with E-state index in [1.165, 1.54) is 5.56 Å². The molecule has 0 aliphatic heterocycles. The summed E-state index contributed by atoms with van der Waals surface area (Å²) in [5.41, 5.74) is 5.23. The van der Waals surface area contributed by atoms with E-state index in [4.69, 9.17) is 16.6 Å². The summed E-state index contributed by atoms with van der Waals surface area (Å²) in [5, 5.41) is 4.95. The van der Waals surface area contributed by atoms with E-state index in [2.05, 4.69) is 33.9 Å². The van der Waals surface area contributed by atoms with Crippen LogP contribution in [-0.4, -0.2) is 9.97 Å². The fraction of sp³-hybridized carbons (Fsp3) is 0.0500. The van der Waals surface area contributed by atoms with Gasteiger partial charge in [0.1, 0.15) is 5.82 Å². The van der Waals surface area contributed by atoms with Crippen LogP contribution >= 0.6 is 22.9 Å². The predicted molar refractivity (Wildman–Crippen MR) is 102 cm³/mol. The highest BCUT2D eigenvalue weighted by Gasteiger charge is 2.16. The number of H-pyrrole nitrogens is 1. The second-order valence-corrected chi connectivity index (χ2v) is 6.75. The third kappa shape index (κ3) is 3.01. The number of hydrogen-bond acceptors (Lipinski definition) is 2. The van der Waals surface area contributed by atoms with Crippen LogP contribution in [0.5, 0.6) is 0 Å². The molecule has 2 aromatic carbocycles. The Morgan fingerprint density at radius 3 is 2.50 bits per heavy atom. The quantitative estimate of drug-likeness (QED) is 0.477. The fourth-order valence-corrected chi connectivity index (χ4v) is 3.65. The Morgan fingerprint density at radius 2 is 1.75 bits per heavy atom. The highest BCUT2D eigenvalue weighted by atomic mass is 35.5. The molecule has 0 spiro atoms. The smallest absolute Gasteiger partial charge is 0.111 e. The topological polar surface area (TPSA) is 28.7 Å². The molecular weight excluding hydrogens is 336 g/mol. The molecule has 4 rings (SSSR count). The lowest BCUT2D eigenvalue weighted by molar-refractivity contribution is 1.03. The minimum atomic E-state index is 0.711. The van der Waals surface area contributed by atoms with Crippen molar-refractivity contribution in [3.05, 3.63) is 87.8 Å². The molecule has 0 aliphatic carbocycles. The van der Waals surface area contributed by atoms with E-state index in [0.29, 0.717) is 5.02 Å². The molecule has 118 valence electrons. The maximum absolute atomic E-state index is 6.42. The maximum Gasteiger partial charge on any atom is 0.111 e. The predicted octanol–water partition coefficient (Wildman–Crippen LogP) is 6.05. The van der Waals surface area contributed by atoms with Gasteiger partial charge in [-0.15, -0.1) is 0 Å². The van der Waals surface area contributed by atoms with Gasteiger partial charge in [0.15, 0.2) is 0 Å². The number of hydrogen-bond donors (Lipinski definition) is 1. The summed E-state index contributed by atoms with van der Waals surface area (Å²) in [6.45, 7) is 0. The van der Waals surface area contributed by atoms with Crippen molar-refractivity contribution in [3.63, 3.8) is 0 Å². The monoisotopic (exact) mass is 350 g/mol. The Balaban J connectivity index is 1.84. The lowest BCUT2D eigenvalue weighted by Crippen LogP contribution is -1.88. The Kier molecular flexibility index (Phi) is 4.20. The van der Waals surface area contributed by atoms with Gasteiger partial charge in [-0.2, -0.15) is 11.3 Å². The molecule has 24 heavy (non-hydrogen) atoms. The normalized spacial score (nSPS) is 10.9. The van der Waals surface area contributed by atoms with E-state index in [1.54, 1.807) is 11.3 Å². The number of benzene rings is 2. The van der Waals surface area contributed by atoms with Crippen LogP contribution in [0.25, 0.3) is 22.5 Å². The first kappa shape index (κ1) is 15.2. The Hall–Kier alpha value is -2.36. The van der Waals surface area contributed by atoms with E-state index in [9.17, 15) is 0 Å². The van der Waals surface area contributed by atoms with Crippen molar-refractivity contribution in [1.82, 2.24) is 9.97 Å². The standard InChI is InChI=1S/C20H15ClN2S/c21-17-9-5-4-8-16(17)20-19(15-6-2-1-3-7-15)22-18(23-20)12-14-10-11-24-13-14/h1-11,13H,12H2,(H,22,23).